The molecule has 1 unspecified atom stereocenters. The number of hydrogen-bond donors (Lipinski definition) is 2. The number of aromatic nitrogens is 4. The summed E-state index contributed by atoms with van der Waals surface area (Å²) in [5.74, 6) is 0.683. The largest absolute Gasteiger partial charge is 0.368 e. The molecule has 4 rings (SSSR count). The molecular weight excluding hydrogens is 343 g/mol. The molecule has 0 bridgehead atoms. The quantitative estimate of drug-likeness (QED) is 0.572. The maximum absolute atomic E-state index is 13.2. The summed E-state index contributed by atoms with van der Waals surface area (Å²) in [5.41, 5.74) is 9.14. The summed E-state index contributed by atoms with van der Waals surface area (Å²) in [7, 11) is 0. The maximum atomic E-state index is 13.2. The zero-order chi connectivity index (χ0) is 18.8. The van der Waals surface area contributed by atoms with Crippen LogP contribution in [0.3, 0.4) is 0 Å². The lowest BCUT2D eigenvalue weighted by atomic mass is 10.1. The average Bonchev–Trinajstić information content (AvgIpc) is 2.69. The number of fused-ring (bicyclic) bond motifs is 1. The molecule has 0 aliphatic carbocycles. The average molecular weight is 360 g/mol. The van der Waals surface area contributed by atoms with Crippen LogP contribution in [-0.4, -0.2) is 19.9 Å². The number of anilines is 2. The zero-order valence-corrected chi connectivity index (χ0v) is 14.6. The van der Waals surface area contributed by atoms with Gasteiger partial charge < -0.3 is 11.1 Å². The van der Waals surface area contributed by atoms with Crippen molar-refractivity contribution in [1.29, 1.82) is 0 Å². The van der Waals surface area contributed by atoms with Crippen molar-refractivity contribution < 1.29 is 4.39 Å². The highest BCUT2D eigenvalue weighted by Crippen LogP contribution is 2.28. The van der Waals surface area contributed by atoms with Gasteiger partial charge in [0.1, 0.15) is 18.0 Å². The lowest BCUT2D eigenvalue weighted by Gasteiger charge is -2.16. The van der Waals surface area contributed by atoms with Gasteiger partial charge in [-0.25, -0.2) is 24.3 Å². The molecule has 0 saturated carbocycles. The standard InChI is InChI=1S/C20H17FN6/c1-12(13-2-5-16(21)6-3-13)27-19-17-8-14(4-7-18(17)25-11-26-19)15-9-23-20(22)24-10-15/h2-12H,1H3,(H2,22,23,24)(H,25,26,27). The van der Waals surface area contributed by atoms with Gasteiger partial charge in [-0.15, -0.1) is 0 Å². The summed E-state index contributed by atoms with van der Waals surface area (Å²) >= 11 is 0. The van der Waals surface area contributed by atoms with Crippen molar-refractivity contribution >= 4 is 22.7 Å². The fourth-order valence-corrected chi connectivity index (χ4v) is 2.88. The molecule has 2 aromatic heterocycles. The summed E-state index contributed by atoms with van der Waals surface area (Å²) in [6, 6.07) is 12.2. The van der Waals surface area contributed by atoms with Crippen molar-refractivity contribution in [2.24, 2.45) is 0 Å². The van der Waals surface area contributed by atoms with Crippen LogP contribution < -0.4 is 11.1 Å². The van der Waals surface area contributed by atoms with Crippen LogP contribution in [0.2, 0.25) is 0 Å². The molecule has 0 saturated heterocycles. The number of nitrogens with zero attached hydrogens (tertiary/aromatic N) is 4. The van der Waals surface area contributed by atoms with Crippen LogP contribution in [0.15, 0.2) is 61.2 Å². The molecule has 3 N–H and O–H groups in total. The van der Waals surface area contributed by atoms with Gasteiger partial charge in [-0.1, -0.05) is 18.2 Å². The van der Waals surface area contributed by atoms with E-state index in [0.29, 0.717) is 5.82 Å². The first-order valence-corrected chi connectivity index (χ1v) is 8.45. The monoisotopic (exact) mass is 360 g/mol. The van der Waals surface area contributed by atoms with E-state index in [-0.39, 0.29) is 17.8 Å². The first kappa shape index (κ1) is 16.8. The third kappa shape index (κ3) is 3.52. The van der Waals surface area contributed by atoms with Crippen molar-refractivity contribution in [1.82, 2.24) is 19.9 Å². The third-order valence-electron chi connectivity index (χ3n) is 4.36. The molecule has 2 heterocycles. The minimum absolute atomic E-state index is 0.0489. The number of hydrogen-bond acceptors (Lipinski definition) is 6. The molecule has 6 nitrogen and oxygen atoms in total. The fourth-order valence-electron chi connectivity index (χ4n) is 2.88. The van der Waals surface area contributed by atoms with E-state index in [0.717, 1.165) is 27.6 Å². The topological polar surface area (TPSA) is 89.6 Å². The van der Waals surface area contributed by atoms with Gasteiger partial charge in [-0.05, 0) is 42.3 Å². The van der Waals surface area contributed by atoms with Gasteiger partial charge in [-0.3, -0.25) is 0 Å². The zero-order valence-electron chi connectivity index (χ0n) is 14.6. The van der Waals surface area contributed by atoms with Gasteiger partial charge in [0.25, 0.3) is 0 Å². The Balaban J connectivity index is 1.70. The van der Waals surface area contributed by atoms with Crippen LogP contribution in [-0.2, 0) is 0 Å². The van der Waals surface area contributed by atoms with Gasteiger partial charge in [-0.2, -0.15) is 0 Å². The Kier molecular flexibility index (Phi) is 4.33. The predicted octanol–water partition coefficient (Wildman–Crippen LogP) is 3.98. The van der Waals surface area contributed by atoms with Gasteiger partial charge in [0.2, 0.25) is 5.95 Å². The second kappa shape index (κ2) is 6.95. The highest BCUT2D eigenvalue weighted by Gasteiger charge is 2.11. The van der Waals surface area contributed by atoms with Crippen LogP contribution in [0, 0.1) is 5.82 Å². The van der Waals surface area contributed by atoms with Crippen LogP contribution in [0.25, 0.3) is 22.0 Å². The molecule has 0 aliphatic rings. The molecule has 0 fully saturated rings. The Bertz CT molecular complexity index is 1080. The van der Waals surface area contributed by atoms with Crippen molar-refractivity contribution in [3.8, 4) is 11.1 Å². The van der Waals surface area contributed by atoms with E-state index in [1.54, 1.807) is 24.5 Å². The molecule has 1 atom stereocenters. The van der Waals surface area contributed by atoms with Crippen LogP contribution >= 0.6 is 0 Å². The molecule has 0 spiro atoms. The first-order valence-electron chi connectivity index (χ1n) is 8.45. The first-order chi connectivity index (χ1) is 13.1. The maximum Gasteiger partial charge on any atom is 0.219 e. The summed E-state index contributed by atoms with van der Waals surface area (Å²) in [5, 5.41) is 4.26. The van der Waals surface area contributed by atoms with Crippen molar-refractivity contribution in [2.75, 3.05) is 11.1 Å². The molecule has 7 heteroatoms. The molecule has 0 aliphatic heterocycles. The van der Waals surface area contributed by atoms with E-state index >= 15 is 0 Å². The van der Waals surface area contributed by atoms with Crippen LogP contribution in [0.1, 0.15) is 18.5 Å². The Morgan fingerprint density at radius 1 is 0.926 bits per heavy atom. The van der Waals surface area contributed by atoms with Crippen molar-refractivity contribution in [3.63, 3.8) is 0 Å². The Labute approximate surface area is 155 Å². The SMILES string of the molecule is CC(Nc1ncnc2ccc(-c3cnc(N)nc3)cc12)c1ccc(F)cc1. The van der Waals surface area contributed by atoms with Gasteiger partial charge in [0.05, 0.1) is 5.52 Å². The number of halogens is 1. The van der Waals surface area contributed by atoms with Crippen molar-refractivity contribution in [3.05, 3.63) is 72.6 Å². The van der Waals surface area contributed by atoms with E-state index in [1.165, 1.54) is 18.5 Å². The van der Waals surface area contributed by atoms with E-state index in [2.05, 4.69) is 25.3 Å². The summed E-state index contributed by atoms with van der Waals surface area (Å²) in [4.78, 5) is 16.8. The second-order valence-electron chi connectivity index (χ2n) is 6.20. The highest BCUT2D eigenvalue weighted by molar-refractivity contribution is 5.92. The molecule has 27 heavy (non-hydrogen) atoms. The fraction of sp³-hybridized carbons (Fsp3) is 0.100. The van der Waals surface area contributed by atoms with E-state index in [1.807, 2.05) is 25.1 Å². The number of benzene rings is 2. The molecule has 4 aromatic rings. The summed E-state index contributed by atoms with van der Waals surface area (Å²) in [6.07, 6.45) is 4.89. The lowest BCUT2D eigenvalue weighted by Crippen LogP contribution is -2.08. The second-order valence-corrected chi connectivity index (χ2v) is 6.20. The summed E-state index contributed by atoms with van der Waals surface area (Å²) < 4.78 is 13.2. The van der Waals surface area contributed by atoms with Gasteiger partial charge >= 0.3 is 0 Å². The summed E-state index contributed by atoms with van der Waals surface area (Å²) in [6.45, 7) is 2.00. The number of nitrogen functional groups attached to an aromatic ring is 1. The number of nitrogens with one attached hydrogen (secondary N) is 1. The molecule has 2 aromatic carbocycles. The lowest BCUT2D eigenvalue weighted by molar-refractivity contribution is 0.626. The Morgan fingerprint density at radius 2 is 1.67 bits per heavy atom. The van der Waals surface area contributed by atoms with E-state index < -0.39 is 0 Å². The molecular formula is C20H17FN6. The van der Waals surface area contributed by atoms with Crippen LogP contribution in [0.5, 0.6) is 0 Å². The molecule has 0 amide bonds. The van der Waals surface area contributed by atoms with Crippen LogP contribution in [0.4, 0.5) is 16.2 Å². The number of nitrogens with two attached hydrogens (primary N) is 1. The Hall–Kier alpha value is -3.61. The van der Waals surface area contributed by atoms with E-state index in [9.17, 15) is 4.39 Å². The molecule has 0 radical (unpaired) electrons. The number of rotatable bonds is 4. The molecule has 134 valence electrons. The van der Waals surface area contributed by atoms with Gasteiger partial charge in [0.15, 0.2) is 0 Å². The van der Waals surface area contributed by atoms with E-state index in [4.69, 9.17) is 5.73 Å². The third-order valence-corrected chi connectivity index (χ3v) is 4.36. The smallest absolute Gasteiger partial charge is 0.219 e. The van der Waals surface area contributed by atoms with Crippen molar-refractivity contribution in [2.45, 2.75) is 13.0 Å². The Morgan fingerprint density at radius 3 is 2.41 bits per heavy atom. The predicted molar refractivity (Wildman–Crippen MR) is 103 cm³/mol. The highest BCUT2D eigenvalue weighted by atomic mass is 19.1. The minimum atomic E-state index is -0.256. The van der Waals surface area contributed by atoms with Gasteiger partial charge in [0, 0.05) is 29.4 Å². The normalized spacial score (nSPS) is 12.1. The minimum Gasteiger partial charge on any atom is -0.368 e.